The molecule has 1 aromatic heterocycles. The van der Waals surface area contributed by atoms with Crippen LogP contribution in [0.1, 0.15) is 5.82 Å². The molecule has 0 aliphatic carbocycles. The number of anilines is 1. The van der Waals surface area contributed by atoms with E-state index in [0.29, 0.717) is 12.3 Å². The SMILES string of the molecule is Nc1ccccc1OCCc1nc2ccccc2[nH]1. The number of nitrogens with two attached hydrogens (primary N) is 1. The molecule has 4 nitrogen and oxygen atoms in total. The van der Waals surface area contributed by atoms with E-state index in [1.54, 1.807) is 0 Å². The zero-order valence-corrected chi connectivity index (χ0v) is 10.5. The Hall–Kier alpha value is -2.49. The number of benzene rings is 2. The van der Waals surface area contributed by atoms with Gasteiger partial charge in [0.2, 0.25) is 0 Å². The van der Waals surface area contributed by atoms with Gasteiger partial charge < -0.3 is 15.5 Å². The Morgan fingerprint density at radius 2 is 1.84 bits per heavy atom. The summed E-state index contributed by atoms with van der Waals surface area (Å²) in [5.41, 5.74) is 8.51. The minimum Gasteiger partial charge on any atom is -0.491 e. The molecule has 0 fully saturated rings. The van der Waals surface area contributed by atoms with Crippen LogP contribution in [0.2, 0.25) is 0 Å². The Balaban J connectivity index is 1.65. The number of fused-ring (bicyclic) bond motifs is 1. The lowest BCUT2D eigenvalue weighted by atomic mass is 10.3. The molecule has 4 heteroatoms. The largest absolute Gasteiger partial charge is 0.491 e. The van der Waals surface area contributed by atoms with E-state index in [2.05, 4.69) is 9.97 Å². The predicted molar refractivity (Wildman–Crippen MR) is 76.1 cm³/mol. The van der Waals surface area contributed by atoms with Crippen LogP contribution in [0.15, 0.2) is 48.5 Å². The highest BCUT2D eigenvalue weighted by Crippen LogP contribution is 2.20. The van der Waals surface area contributed by atoms with Gasteiger partial charge in [-0.2, -0.15) is 0 Å². The molecule has 0 amide bonds. The number of para-hydroxylation sites is 4. The molecular weight excluding hydrogens is 238 g/mol. The third kappa shape index (κ3) is 2.52. The van der Waals surface area contributed by atoms with Crippen molar-refractivity contribution in [2.75, 3.05) is 12.3 Å². The summed E-state index contributed by atoms with van der Waals surface area (Å²) in [6.07, 6.45) is 0.725. The van der Waals surface area contributed by atoms with Crippen LogP contribution in [0.3, 0.4) is 0 Å². The monoisotopic (exact) mass is 253 g/mol. The standard InChI is InChI=1S/C15H15N3O/c16-11-5-1-4-8-14(11)19-10-9-15-17-12-6-2-3-7-13(12)18-15/h1-8H,9-10,16H2,(H,17,18). The third-order valence-electron chi connectivity index (χ3n) is 2.95. The second-order valence-electron chi connectivity index (χ2n) is 4.34. The lowest BCUT2D eigenvalue weighted by Crippen LogP contribution is -2.04. The van der Waals surface area contributed by atoms with Crippen LogP contribution in [-0.4, -0.2) is 16.6 Å². The topological polar surface area (TPSA) is 63.9 Å². The fourth-order valence-electron chi connectivity index (χ4n) is 1.99. The van der Waals surface area contributed by atoms with Gasteiger partial charge in [-0.25, -0.2) is 4.98 Å². The van der Waals surface area contributed by atoms with Gasteiger partial charge in [-0.1, -0.05) is 24.3 Å². The van der Waals surface area contributed by atoms with Crippen LogP contribution in [0.25, 0.3) is 11.0 Å². The van der Waals surface area contributed by atoms with Crippen molar-refractivity contribution in [1.29, 1.82) is 0 Å². The van der Waals surface area contributed by atoms with E-state index >= 15 is 0 Å². The van der Waals surface area contributed by atoms with Crippen molar-refractivity contribution >= 4 is 16.7 Å². The van der Waals surface area contributed by atoms with Crippen molar-refractivity contribution < 1.29 is 4.74 Å². The minimum atomic E-state index is 0.550. The van der Waals surface area contributed by atoms with E-state index in [1.165, 1.54) is 0 Å². The fraction of sp³-hybridized carbons (Fsp3) is 0.133. The number of rotatable bonds is 4. The molecule has 0 bridgehead atoms. The lowest BCUT2D eigenvalue weighted by Gasteiger charge is -2.07. The van der Waals surface area contributed by atoms with Gasteiger partial charge in [0.15, 0.2) is 0 Å². The van der Waals surface area contributed by atoms with E-state index in [1.807, 2.05) is 48.5 Å². The van der Waals surface area contributed by atoms with Gasteiger partial charge >= 0.3 is 0 Å². The van der Waals surface area contributed by atoms with Gasteiger partial charge in [0.25, 0.3) is 0 Å². The predicted octanol–water partition coefficient (Wildman–Crippen LogP) is 2.77. The Morgan fingerprint density at radius 3 is 2.68 bits per heavy atom. The summed E-state index contributed by atoms with van der Waals surface area (Å²) < 4.78 is 5.65. The highest BCUT2D eigenvalue weighted by molar-refractivity contribution is 5.74. The number of aromatic nitrogens is 2. The van der Waals surface area contributed by atoms with Crippen LogP contribution in [0.4, 0.5) is 5.69 Å². The van der Waals surface area contributed by atoms with Crippen LogP contribution >= 0.6 is 0 Å². The number of aromatic amines is 1. The Morgan fingerprint density at radius 1 is 1.05 bits per heavy atom. The molecule has 3 rings (SSSR count). The van der Waals surface area contributed by atoms with Crippen molar-refractivity contribution in [2.45, 2.75) is 6.42 Å². The van der Waals surface area contributed by atoms with Gasteiger partial charge in [-0.15, -0.1) is 0 Å². The van der Waals surface area contributed by atoms with Gasteiger partial charge in [0.1, 0.15) is 11.6 Å². The minimum absolute atomic E-state index is 0.550. The summed E-state index contributed by atoms with van der Waals surface area (Å²) in [5.74, 6) is 1.65. The number of nitrogens with one attached hydrogen (secondary N) is 1. The smallest absolute Gasteiger partial charge is 0.142 e. The number of nitrogen functional groups attached to an aromatic ring is 1. The molecule has 3 N–H and O–H groups in total. The summed E-state index contributed by atoms with van der Waals surface area (Å²) >= 11 is 0. The summed E-state index contributed by atoms with van der Waals surface area (Å²) in [5, 5.41) is 0. The van der Waals surface area contributed by atoms with E-state index in [-0.39, 0.29) is 0 Å². The van der Waals surface area contributed by atoms with Crippen molar-refractivity contribution in [3.63, 3.8) is 0 Å². The summed E-state index contributed by atoms with van der Waals surface area (Å²) in [4.78, 5) is 7.77. The summed E-state index contributed by atoms with van der Waals surface area (Å²) in [6.45, 7) is 0.550. The van der Waals surface area contributed by atoms with Gasteiger partial charge in [0.05, 0.1) is 23.3 Å². The number of nitrogens with zero attached hydrogens (tertiary/aromatic N) is 1. The zero-order valence-electron chi connectivity index (χ0n) is 10.5. The Kier molecular flexibility index (Phi) is 3.06. The molecule has 0 saturated carbocycles. The first kappa shape index (κ1) is 11.6. The highest BCUT2D eigenvalue weighted by Gasteiger charge is 2.03. The molecule has 0 aliphatic rings. The number of hydrogen-bond donors (Lipinski definition) is 2. The lowest BCUT2D eigenvalue weighted by molar-refractivity contribution is 0.321. The molecule has 0 aliphatic heterocycles. The molecule has 96 valence electrons. The van der Waals surface area contributed by atoms with Crippen LogP contribution < -0.4 is 10.5 Å². The third-order valence-corrected chi connectivity index (χ3v) is 2.95. The van der Waals surface area contributed by atoms with Crippen molar-refractivity contribution in [2.24, 2.45) is 0 Å². The molecule has 0 unspecified atom stereocenters. The molecule has 3 aromatic rings. The van der Waals surface area contributed by atoms with Crippen molar-refractivity contribution in [3.05, 3.63) is 54.4 Å². The molecule has 0 radical (unpaired) electrons. The first-order valence-electron chi connectivity index (χ1n) is 6.24. The quantitative estimate of drug-likeness (QED) is 0.703. The highest BCUT2D eigenvalue weighted by atomic mass is 16.5. The van der Waals surface area contributed by atoms with E-state index in [4.69, 9.17) is 10.5 Å². The average Bonchev–Trinajstić information content (AvgIpc) is 2.83. The second kappa shape index (κ2) is 5.02. The van der Waals surface area contributed by atoms with Crippen LogP contribution in [-0.2, 0) is 6.42 Å². The molecule has 2 aromatic carbocycles. The number of hydrogen-bond acceptors (Lipinski definition) is 3. The Labute approximate surface area is 111 Å². The number of imidazole rings is 1. The van der Waals surface area contributed by atoms with Gasteiger partial charge in [0, 0.05) is 6.42 Å². The summed E-state index contributed by atoms with van der Waals surface area (Å²) in [7, 11) is 0. The van der Waals surface area contributed by atoms with Crippen LogP contribution in [0, 0.1) is 0 Å². The molecule has 19 heavy (non-hydrogen) atoms. The Bertz CT molecular complexity index is 657. The maximum atomic E-state index is 5.81. The van der Waals surface area contributed by atoms with E-state index in [9.17, 15) is 0 Å². The van der Waals surface area contributed by atoms with Gasteiger partial charge in [-0.05, 0) is 24.3 Å². The first-order valence-corrected chi connectivity index (χ1v) is 6.24. The molecule has 0 saturated heterocycles. The maximum absolute atomic E-state index is 5.81. The molecule has 1 heterocycles. The molecule has 0 spiro atoms. The fourth-order valence-corrected chi connectivity index (χ4v) is 1.99. The van der Waals surface area contributed by atoms with Crippen LogP contribution in [0.5, 0.6) is 5.75 Å². The maximum Gasteiger partial charge on any atom is 0.142 e. The van der Waals surface area contributed by atoms with Crippen molar-refractivity contribution in [3.8, 4) is 5.75 Å². The van der Waals surface area contributed by atoms with E-state index in [0.717, 1.165) is 29.0 Å². The van der Waals surface area contributed by atoms with Crippen molar-refractivity contribution in [1.82, 2.24) is 9.97 Å². The summed E-state index contributed by atoms with van der Waals surface area (Å²) in [6, 6.07) is 15.5. The zero-order chi connectivity index (χ0) is 13.1. The number of H-pyrrole nitrogens is 1. The first-order chi connectivity index (χ1) is 9.33. The van der Waals surface area contributed by atoms with Gasteiger partial charge in [-0.3, -0.25) is 0 Å². The number of ether oxygens (including phenoxy) is 1. The van der Waals surface area contributed by atoms with E-state index < -0.39 is 0 Å². The normalized spacial score (nSPS) is 10.7. The molecule has 0 atom stereocenters. The second-order valence-corrected chi connectivity index (χ2v) is 4.34. The average molecular weight is 253 g/mol. The molecular formula is C15H15N3O.